The first-order chi connectivity index (χ1) is 9.19. The van der Waals surface area contributed by atoms with Crippen LogP contribution in [-0.4, -0.2) is 87.2 Å². The summed E-state index contributed by atoms with van der Waals surface area (Å²) in [5.74, 6) is 0.101. The predicted molar refractivity (Wildman–Crippen MR) is 75.1 cm³/mol. The van der Waals surface area contributed by atoms with Crippen molar-refractivity contribution < 1.29 is 9.53 Å². The highest BCUT2D eigenvalue weighted by atomic mass is 16.5. The van der Waals surface area contributed by atoms with Crippen LogP contribution in [0.3, 0.4) is 0 Å². The van der Waals surface area contributed by atoms with E-state index in [0.29, 0.717) is 0 Å². The molecule has 0 unspecified atom stereocenters. The summed E-state index contributed by atoms with van der Waals surface area (Å²) in [7, 11) is 3.68. The van der Waals surface area contributed by atoms with Crippen molar-refractivity contribution in [2.24, 2.45) is 5.92 Å². The molecule has 0 atom stereocenters. The van der Waals surface area contributed by atoms with Gasteiger partial charge in [0.05, 0.1) is 13.0 Å². The zero-order valence-electron chi connectivity index (χ0n) is 12.3. The smallest absolute Gasteiger partial charge is 0.308 e. The third kappa shape index (κ3) is 4.44. The van der Waals surface area contributed by atoms with E-state index >= 15 is 0 Å². The summed E-state index contributed by atoms with van der Waals surface area (Å²) < 4.78 is 4.82. The number of carbonyl (C=O) groups excluding carboxylic acids is 1. The molecule has 2 aliphatic rings. The lowest BCUT2D eigenvalue weighted by Crippen LogP contribution is -2.48. The molecule has 0 aromatic heterocycles. The van der Waals surface area contributed by atoms with E-state index in [1.165, 1.54) is 33.3 Å². The Labute approximate surface area is 116 Å². The van der Waals surface area contributed by atoms with Crippen LogP contribution in [0.1, 0.15) is 12.8 Å². The lowest BCUT2D eigenvalue weighted by atomic mass is 9.97. The summed E-state index contributed by atoms with van der Waals surface area (Å²) in [6, 6.07) is 0. The number of piperazine rings is 1. The summed E-state index contributed by atoms with van der Waals surface area (Å²) in [5, 5.41) is 0. The average Bonchev–Trinajstić information content (AvgIpc) is 2.46. The molecule has 0 aliphatic carbocycles. The van der Waals surface area contributed by atoms with Gasteiger partial charge >= 0.3 is 5.97 Å². The van der Waals surface area contributed by atoms with E-state index < -0.39 is 0 Å². The number of carbonyl (C=O) groups is 1. The Bertz CT molecular complexity index is 282. The zero-order chi connectivity index (χ0) is 13.7. The third-order valence-corrected chi connectivity index (χ3v) is 4.45. The molecule has 0 amide bonds. The molecule has 0 radical (unpaired) electrons. The van der Waals surface area contributed by atoms with Gasteiger partial charge in [0, 0.05) is 39.3 Å². The number of nitrogens with zero attached hydrogens (tertiary/aromatic N) is 3. The quantitative estimate of drug-likeness (QED) is 0.678. The van der Waals surface area contributed by atoms with Crippen molar-refractivity contribution in [2.75, 3.05) is 66.5 Å². The second-order valence-corrected chi connectivity index (χ2v) is 5.78. The summed E-state index contributed by atoms with van der Waals surface area (Å²) >= 11 is 0. The topological polar surface area (TPSA) is 36.0 Å². The molecule has 0 bridgehead atoms. The lowest BCUT2D eigenvalue weighted by molar-refractivity contribution is -0.147. The Kier molecular flexibility index (Phi) is 5.60. The fourth-order valence-electron chi connectivity index (χ4n) is 2.91. The molecule has 2 aliphatic heterocycles. The molecule has 2 fully saturated rings. The van der Waals surface area contributed by atoms with E-state index in [9.17, 15) is 4.79 Å². The van der Waals surface area contributed by atoms with Crippen LogP contribution < -0.4 is 0 Å². The number of piperidine rings is 1. The van der Waals surface area contributed by atoms with Crippen LogP contribution in [0.4, 0.5) is 0 Å². The molecule has 2 rings (SSSR count). The van der Waals surface area contributed by atoms with E-state index in [1.807, 2.05) is 0 Å². The van der Waals surface area contributed by atoms with E-state index in [0.717, 1.165) is 39.0 Å². The molecule has 5 heteroatoms. The molecule has 110 valence electrons. The summed E-state index contributed by atoms with van der Waals surface area (Å²) in [6.45, 7) is 9.12. The standard InChI is InChI=1S/C14H27N3O2/c1-15-7-9-17(10-8-15)12-11-16-5-3-13(4-6-16)14(18)19-2/h13H,3-12H2,1-2H3. The number of hydrogen-bond acceptors (Lipinski definition) is 5. The van der Waals surface area contributed by atoms with Crippen LogP contribution in [0.15, 0.2) is 0 Å². The monoisotopic (exact) mass is 269 g/mol. The van der Waals surface area contributed by atoms with Gasteiger partial charge in [-0.05, 0) is 33.0 Å². The van der Waals surface area contributed by atoms with Gasteiger partial charge in [-0.2, -0.15) is 0 Å². The molecule has 0 saturated carbocycles. The second-order valence-electron chi connectivity index (χ2n) is 5.78. The highest BCUT2D eigenvalue weighted by Gasteiger charge is 2.25. The highest BCUT2D eigenvalue weighted by molar-refractivity contribution is 5.72. The number of ether oxygens (including phenoxy) is 1. The summed E-state index contributed by atoms with van der Waals surface area (Å²) in [5.41, 5.74) is 0. The van der Waals surface area contributed by atoms with Crippen LogP contribution >= 0.6 is 0 Å². The van der Waals surface area contributed by atoms with Gasteiger partial charge in [0.15, 0.2) is 0 Å². The minimum absolute atomic E-state index is 0.0290. The van der Waals surface area contributed by atoms with E-state index in [1.54, 1.807) is 0 Å². The van der Waals surface area contributed by atoms with Crippen LogP contribution in [-0.2, 0) is 9.53 Å². The Morgan fingerprint density at radius 3 is 2.05 bits per heavy atom. The number of likely N-dealkylation sites (N-methyl/N-ethyl adjacent to an activating group) is 1. The van der Waals surface area contributed by atoms with Crippen molar-refractivity contribution in [3.63, 3.8) is 0 Å². The van der Waals surface area contributed by atoms with Crippen LogP contribution in [0.25, 0.3) is 0 Å². The van der Waals surface area contributed by atoms with Gasteiger partial charge in [0.2, 0.25) is 0 Å². The molecule has 2 heterocycles. The maximum absolute atomic E-state index is 11.5. The summed E-state index contributed by atoms with van der Waals surface area (Å²) in [6.07, 6.45) is 1.91. The van der Waals surface area contributed by atoms with E-state index in [-0.39, 0.29) is 11.9 Å². The minimum Gasteiger partial charge on any atom is -0.469 e. The summed E-state index contributed by atoms with van der Waals surface area (Å²) in [4.78, 5) is 18.9. The van der Waals surface area contributed by atoms with Crippen molar-refractivity contribution in [3.05, 3.63) is 0 Å². The van der Waals surface area contributed by atoms with Crippen LogP contribution in [0.2, 0.25) is 0 Å². The SMILES string of the molecule is COC(=O)C1CCN(CCN2CCN(C)CC2)CC1. The van der Waals surface area contributed by atoms with Gasteiger partial charge < -0.3 is 14.5 Å². The fraction of sp³-hybridized carbons (Fsp3) is 0.929. The lowest BCUT2D eigenvalue weighted by Gasteiger charge is -2.35. The van der Waals surface area contributed by atoms with Gasteiger partial charge in [-0.25, -0.2) is 0 Å². The fourth-order valence-corrected chi connectivity index (χ4v) is 2.91. The molecular formula is C14H27N3O2. The Hall–Kier alpha value is -0.650. The Morgan fingerprint density at radius 2 is 1.53 bits per heavy atom. The molecule has 0 N–H and O–H groups in total. The zero-order valence-corrected chi connectivity index (χ0v) is 12.3. The molecule has 0 spiro atoms. The second kappa shape index (κ2) is 7.22. The van der Waals surface area contributed by atoms with Crippen molar-refractivity contribution in [1.29, 1.82) is 0 Å². The number of hydrogen-bond donors (Lipinski definition) is 0. The van der Waals surface area contributed by atoms with Gasteiger partial charge in [-0.15, -0.1) is 0 Å². The number of rotatable bonds is 4. The van der Waals surface area contributed by atoms with Gasteiger partial charge in [-0.3, -0.25) is 9.69 Å². The van der Waals surface area contributed by atoms with Gasteiger partial charge in [-0.1, -0.05) is 0 Å². The molecule has 5 nitrogen and oxygen atoms in total. The first-order valence-corrected chi connectivity index (χ1v) is 7.40. The molecule has 2 saturated heterocycles. The van der Waals surface area contributed by atoms with Crippen molar-refractivity contribution in [2.45, 2.75) is 12.8 Å². The molecule has 0 aromatic carbocycles. The molecule has 0 aromatic rings. The normalized spacial score (nSPS) is 24.5. The van der Waals surface area contributed by atoms with Gasteiger partial charge in [0.25, 0.3) is 0 Å². The highest BCUT2D eigenvalue weighted by Crippen LogP contribution is 2.18. The average molecular weight is 269 g/mol. The van der Waals surface area contributed by atoms with Gasteiger partial charge in [0.1, 0.15) is 0 Å². The predicted octanol–water partition coefficient (Wildman–Crippen LogP) is 0.119. The first kappa shape index (κ1) is 14.8. The number of likely N-dealkylation sites (tertiary alicyclic amines) is 1. The number of methoxy groups -OCH3 is 1. The van der Waals surface area contributed by atoms with Crippen molar-refractivity contribution in [3.8, 4) is 0 Å². The third-order valence-electron chi connectivity index (χ3n) is 4.45. The molecule has 19 heavy (non-hydrogen) atoms. The van der Waals surface area contributed by atoms with Crippen molar-refractivity contribution in [1.82, 2.24) is 14.7 Å². The largest absolute Gasteiger partial charge is 0.469 e. The molecular weight excluding hydrogens is 242 g/mol. The maximum atomic E-state index is 11.5. The first-order valence-electron chi connectivity index (χ1n) is 7.40. The maximum Gasteiger partial charge on any atom is 0.308 e. The van der Waals surface area contributed by atoms with E-state index in [2.05, 4.69) is 21.7 Å². The van der Waals surface area contributed by atoms with Crippen molar-refractivity contribution >= 4 is 5.97 Å². The van der Waals surface area contributed by atoms with Crippen LogP contribution in [0.5, 0.6) is 0 Å². The number of esters is 1. The van der Waals surface area contributed by atoms with E-state index in [4.69, 9.17) is 4.74 Å². The van der Waals surface area contributed by atoms with Crippen LogP contribution in [0, 0.1) is 5.92 Å². The minimum atomic E-state index is -0.0290. The Morgan fingerprint density at radius 1 is 1.00 bits per heavy atom. The Balaban J connectivity index is 1.62.